The molecule has 24 heavy (non-hydrogen) atoms. The second kappa shape index (κ2) is 6.08. The number of ketones is 1. The third-order valence-corrected chi connectivity index (χ3v) is 3.64. The molecule has 0 bridgehead atoms. The van der Waals surface area contributed by atoms with Crippen molar-refractivity contribution < 1.29 is 14.0 Å². The number of benzene rings is 2. The van der Waals surface area contributed by atoms with Gasteiger partial charge in [0.1, 0.15) is 11.4 Å². The zero-order valence-corrected chi connectivity index (χ0v) is 12.7. The summed E-state index contributed by atoms with van der Waals surface area (Å²) >= 11 is 0. The molecule has 0 unspecified atom stereocenters. The van der Waals surface area contributed by atoms with Gasteiger partial charge in [-0.15, -0.1) is 0 Å². The van der Waals surface area contributed by atoms with Crippen molar-refractivity contribution >= 4 is 28.3 Å². The van der Waals surface area contributed by atoms with Crippen LogP contribution in [0.3, 0.4) is 0 Å². The highest BCUT2D eigenvalue weighted by Gasteiger charge is 2.16. The maximum Gasteiger partial charge on any atom is 0.261 e. The Morgan fingerprint density at radius 3 is 2.58 bits per heavy atom. The summed E-state index contributed by atoms with van der Waals surface area (Å²) in [7, 11) is 0. The average Bonchev–Trinajstić information content (AvgIpc) is 2.56. The maximum atomic E-state index is 13.3. The van der Waals surface area contributed by atoms with Crippen LogP contribution in [0.25, 0.3) is 10.9 Å². The molecule has 0 aliphatic heterocycles. The number of Topliss-reactive ketones (excluding diaryl/α,β-unsaturated/α-hetero) is 1. The molecule has 0 aliphatic carbocycles. The number of carbonyl (C=O) groups is 2. The molecule has 0 saturated heterocycles. The molecule has 0 aliphatic rings. The summed E-state index contributed by atoms with van der Waals surface area (Å²) in [5.41, 5.74) is 0.345. The maximum absolute atomic E-state index is 13.3. The van der Waals surface area contributed by atoms with Gasteiger partial charge >= 0.3 is 0 Å². The van der Waals surface area contributed by atoms with Gasteiger partial charge < -0.3 is 10.3 Å². The minimum atomic E-state index is -0.670. The smallest absolute Gasteiger partial charge is 0.261 e. The molecule has 1 amide bonds. The predicted octanol–water partition coefficient (Wildman–Crippen LogP) is 3.12. The fourth-order valence-electron chi connectivity index (χ4n) is 2.45. The number of fused-ring (bicyclic) bond motifs is 1. The van der Waals surface area contributed by atoms with Gasteiger partial charge in [-0.05, 0) is 37.3 Å². The van der Waals surface area contributed by atoms with Crippen LogP contribution in [0.4, 0.5) is 10.1 Å². The van der Waals surface area contributed by atoms with Crippen LogP contribution >= 0.6 is 0 Å². The molecule has 3 aromatic rings. The van der Waals surface area contributed by atoms with Gasteiger partial charge in [0.25, 0.3) is 5.91 Å². The zero-order chi connectivity index (χ0) is 17.3. The summed E-state index contributed by atoms with van der Waals surface area (Å²) in [6, 6.07) is 10.2. The molecular formula is C18H13FN2O3. The summed E-state index contributed by atoms with van der Waals surface area (Å²) in [6.07, 6.45) is 1.27. The van der Waals surface area contributed by atoms with Crippen LogP contribution in [0.15, 0.2) is 53.5 Å². The standard InChI is InChI=1S/C18H13FN2O3/c1-10(22)12-4-2-3-5-16(12)21-18(24)14-9-20-15-7-6-11(19)8-13(15)17(14)23/h2-9H,1H3,(H,20,23)(H,21,24). The minimum absolute atomic E-state index is 0.0857. The number of carbonyl (C=O) groups excluding carboxylic acids is 2. The summed E-state index contributed by atoms with van der Waals surface area (Å²) < 4.78 is 13.3. The number of pyridine rings is 1. The van der Waals surface area contributed by atoms with Gasteiger partial charge in [-0.2, -0.15) is 0 Å². The summed E-state index contributed by atoms with van der Waals surface area (Å²) in [6.45, 7) is 1.39. The number of H-pyrrole nitrogens is 1. The van der Waals surface area contributed by atoms with Crippen LogP contribution in [0.5, 0.6) is 0 Å². The van der Waals surface area contributed by atoms with E-state index >= 15 is 0 Å². The lowest BCUT2D eigenvalue weighted by Crippen LogP contribution is -2.22. The lowest BCUT2D eigenvalue weighted by molar-refractivity contribution is 0.101. The van der Waals surface area contributed by atoms with Crippen molar-refractivity contribution in [2.75, 3.05) is 5.32 Å². The Morgan fingerprint density at radius 2 is 1.83 bits per heavy atom. The van der Waals surface area contributed by atoms with Crippen molar-refractivity contribution in [3.63, 3.8) is 0 Å². The van der Waals surface area contributed by atoms with Gasteiger partial charge in [0.05, 0.1) is 5.69 Å². The number of halogens is 1. The van der Waals surface area contributed by atoms with E-state index in [9.17, 15) is 18.8 Å². The monoisotopic (exact) mass is 324 g/mol. The van der Waals surface area contributed by atoms with E-state index in [1.807, 2.05) is 0 Å². The SMILES string of the molecule is CC(=O)c1ccccc1NC(=O)c1c[nH]c2ccc(F)cc2c1=O. The van der Waals surface area contributed by atoms with E-state index in [1.54, 1.807) is 24.3 Å². The molecule has 0 saturated carbocycles. The number of anilines is 1. The minimum Gasteiger partial charge on any atom is -0.360 e. The Balaban J connectivity index is 2.03. The van der Waals surface area contributed by atoms with Crippen molar-refractivity contribution in [1.29, 1.82) is 0 Å². The summed E-state index contributed by atoms with van der Waals surface area (Å²) in [5, 5.41) is 2.64. The Labute approximate surface area is 136 Å². The molecule has 120 valence electrons. The molecule has 3 rings (SSSR count). The van der Waals surface area contributed by atoms with Gasteiger partial charge in [-0.1, -0.05) is 12.1 Å². The third-order valence-electron chi connectivity index (χ3n) is 3.64. The predicted molar refractivity (Wildman–Crippen MR) is 88.9 cm³/mol. The average molecular weight is 324 g/mol. The van der Waals surface area contributed by atoms with Crippen LogP contribution in [-0.2, 0) is 0 Å². The van der Waals surface area contributed by atoms with Crippen molar-refractivity contribution in [1.82, 2.24) is 4.98 Å². The van der Waals surface area contributed by atoms with Crippen molar-refractivity contribution in [2.45, 2.75) is 6.92 Å². The number of hydrogen-bond acceptors (Lipinski definition) is 3. The number of aromatic nitrogens is 1. The molecule has 5 nitrogen and oxygen atoms in total. The van der Waals surface area contributed by atoms with Crippen LogP contribution < -0.4 is 10.7 Å². The number of aromatic amines is 1. The van der Waals surface area contributed by atoms with E-state index in [4.69, 9.17) is 0 Å². The number of amides is 1. The number of nitrogens with one attached hydrogen (secondary N) is 2. The molecule has 0 spiro atoms. The highest BCUT2D eigenvalue weighted by Crippen LogP contribution is 2.17. The summed E-state index contributed by atoms with van der Waals surface area (Å²) in [4.78, 5) is 39.2. The lowest BCUT2D eigenvalue weighted by atomic mass is 10.1. The largest absolute Gasteiger partial charge is 0.360 e. The van der Waals surface area contributed by atoms with Crippen molar-refractivity contribution in [3.05, 3.63) is 75.8 Å². The molecule has 0 radical (unpaired) electrons. The second-order valence-corrected chi connectivity index (χ2v) is 5.28. The molecule has 0 fully saturated rings. The van der Waals surface area contributed by atoms with E-state index in [1.165, 1.54) is 25.3 Å². The zero-order valence-electron chi connectivity index (χ0n) is 12.7. The first kappa shape index (κ1) is 15.6. The second-order valence-electron chi connectivity index (χ2n) is 5.28. The topological polar surface area (TPSA) is 79.0 Å². The highest BCUT2D eigenvalue weighted by atomic mass is 19.1. The Morgan fingerprint density at radius 1 is 1.08 bits per heavy atom. The molecule has 2 aromatic carbocycles. The van der Waals surface area contributed by atoms with Gasteiger partial charge in [0, 0.05) is 22.7 Å². The molecule has 1 aromatic heterocycles. The fourth-order valence-corrected chi connectivity index (χ4v) is 2.45. The Bertz CT molecular complexity index is 1020. The van der Waals surface area contributed by atoms with Crippen molar-refractivity contribution in [2.24, 2.45) is 0 Å². The number of rotatable bonds is 3. The number of para-hydroxylation sites is 1. The molecule has 1 heterocycles. The molecule has 6 heteroatoms. The fraction of sp³-hybridized carbons (Fsp3) is 0.0556. The van der Waals surface area contributed by atoms with Gasteiger partial charge in [0.2, 0.25) is 5.43 Å². The normalized spacial score (nSPS) is 10.6. The quantitative estimate of drug-likeness (QED) is 0.727. The van der Waals surface area contributed by atoms with E-state index in [0.29, 0.717) is 16.8 Å². The highest BCUT2D eigenvalue weighted by molar-refractivity contribution is 6.09. The first-order valence-electron chi connectivity index (χ1n) is 7.19. The van der Waals surface area contributed by atoms with E-state index in [2.05, 4.69) is 10.3 Å². The Hall–Kier alpha value is -3.28. The number of hydrogen-bond donors (Lipinski definition) is 2. The molecular weight excluding hydrogens is 311 g/mol. The van der Waals surface area contributed by atoms with Gasteiger partial charge in [-0.25, -0.2) is 4.39 Å². The summed E-state index contributed by atoms with van der Waals surface area (Å²) in [5.74, 6) is -1.44. The van der Waals surface area contributed by atoms with E-state index in [0.717, 1.165) is 6.07 Å². The van der Waals surface area contributed by atoms with Gasteiger partial charge in [-0.3, -0.25) is 14.4 Å². The van der Waals surface area contributed by atoms with Crippen LogP contribution in [0.1, 0.15) is 27.6 Å². The Kier molecular flexibility index (Phi) is 3.95. The third kappa shape index (κ3) is 2.81. The first-order chi connectivity index (χ1) is 11.5. The first-order valence-corrected chi connectivity index (χ1v) is 7.19. The van der Waals surface area contributed by atoms with Crippen LogP contribution in [0.2, 0.25) is 0 Å². The lowest BCUT2D eigenvalue weighted by Gasteiger charge is -2.09. The molecule has 0 atom stereocenters. The van der Waals surface area contributed by atoms with Crippen molar-refractivity contribution in [3.8, 4) is 0 Å². The van der Waals surface area contributed by atoms with E-state index < -0.39 is 17.2 Å². The van der Waals surface area contributed by atoms with Gasteiger partial charge in [0.15, 0.2) is 5.78 Å². The van der Waals surface area contributed by atoms with Crippen LogP contribution in [0, 0.1) is 5.82 Å². The van der Waals surface area contributed by atoms with Crippen LogP contribution in [-0.4, -0.2) is 16.7 Å². The molecule has 2 N–H and O–H groups in total. The van der Waals surface area contributed by atoms with E-state index in [-0.39, 0.29) is 16.7 Å².